The molecule has 96 valence electrons. The summed E-state index contributed by atoms with van der Waals surface area (Å²) in [6.07, 6.45) is 1.48. The Morgan fingerprint density at radius 2 is 1.94 bits per heavy atom. The summed E-state index contributed by atoms with van der Waals surface area (Å²) < 4.78 is 5.29. The molecular weight excluding hydrogens is 214 g/mol. The lowest BCUT2D eigenvalue weighted by atomic mass is 9.97. The molecule has 0 aliphatic carbocycles. The molecule has 0 saturated heterocycles. The second-order valence-electron chi connectivity index (χ2n) is 4.49. The van der Waals surface area contributed by atoms with Crippen LogP contribution >= 0.6 is 0 Å². The second kappa shape index (κ2) is 5.92. The van der Waals surface area contributed by atoms with Gasteiger partial charge in [0.2, 0.25) is 0 Å². The summed E-state index contributed by atoms with van der Waals surface area (Å²) in [6, 6.07) is 5.98. The topological polar surface area (TPSA) is 41.5 Å². The van der Waals surface area contributed by atoms with Crippen molar-refractivity contribution in [3.05, 3.63) is 23.8 Å². The fourth-order valence-corrected chi connectivity index (χ4v) is 1.72. The summed E-state index contributed by atoms with van der Waals surface area (Å²) >= 11 is 0. The Hall–Kier alpha value is -1.22. The molecule has 2 N–H and O–H groups in total. The van der Waals surface area contributed by atoms with Crippen LogP contribution < -0.4 is 10.1 Å². The maximum Gasteiger partial charge on any atom is 0.141 e. The lowest BCUT2D eigenvalue weighted by Gasteiger charge is -2.26. The van der Waals surface area contributed by atoms with Crippen molar-refractivity contribution in [1.82, 2.24) is 0 Å². The predicted octanol–water partition coefficient (Wildman–Crippen LogP) is 2.97. The molecule has 3 heteroatoms. The summed E-state index contributed by atoms with van der Waals surface area (Å²) in [4.78, 5) is 0. The number of benzene rings is 1. The Balaban J connectivity index is 2.77. The first kappa shape index (κ1) is 13.8. The van der Waals surface area contributed by atoms with Crippen LogP contribution in [0.5, 0.6) is 5.75 Å². The Morgan fingerprint density at radius 3 is 2.47 bits per heavy atom. The first-order valence-corrected chi connectivity index (χ1v) is 6.15. The lowest BCUT2D eigenvalue weighted by molar-refractivity contribution is 0.0457. The van der Waals surface area contributed by atoms with E-state index in [-0.39, 0.29) is 0 Å². The quantitative estimate of drug-likeness (QED) is 0.799. The van der Waals surface area contributed by atoms with E-state index in [4.69, 9.17) is 4.74 Å². The van der Waals surface area contributed by atoms with Crippen LogP contribution in [-0.2, 0) is 0 Å². The van der Waals surface area contributed by atoms with Crippen LogP contribution in [0.4, 0.5) is 5.69 Å². The number of ether oxygens (including phenoxy) is 1. The van der Waals surface area contributed by atoms with Gasteiger partial charge in [0.05, 0.1) is 18.4 Å². The summed E-state index contributed by atoms with van der Waals surface area (Å²) in [6.45, 7) is 6.58. The molecule has 0 heterocycles. The molecule has 0 amide bonds. The largest absolute Gasteiger partial charge is 0.495 e. The zero-order valence-electron chi connectivity index (χ0n) is 11.2. The average molecular weight is 237 g/mol. The zero-order valence-corrected chi connectivity index (χ0v) is 11.2. The molecule has 0 bridgehead atoms. The van der Waals surface area contributed by atoms with Crippen LogP contribution in [0.15, 0.2) is 18.2 Å². The molecule has 0 aromatic heterocycles. The summed E-state index contributed by atoms with van der Waals surface area (Å²) in [5.74, 6) is 0.810. The highest BCUT2D eigenvalue weighted by Crippen LogP contribution is 2.26. The van der Waals surface area contributed by atoms with E-state index in [0.29, 0.717) is 6.54 Å². The monoisotopic (exact) mass is 237 g/mol. The summed E-state index contributed by atoms with van der Waals surface area (Å²) in [7, 11) is 1.65. The first-order valence-electron chi connectivity index (χ1n) is 6.15. The van der Waals surface area contributed by atoms with E-state index in [0.717, 1.165) is 24.3 Å². The van der Waals surface area contributed by atoms with E-state index >= 15 is 0 Å². The molecule has 0 unspecified atom stereocenters. The van der Waals surface area contributed by atoms with Crippen molar-refractivity contribution in [1.29, 1.82) is 0 Å². The van der Waals surface area contributed by atoms with Gasteiger partial charge in [-0.2, -0.15) is 0 Å². The van der Waals surface area contributed by atoms with Crippen molar-refractivity contribution in [2.75, 3.05) is 19.0 Å². The van der Waals surface area contributed by atoms with E-state index in [9.17, 15) is 5.11 Å². The Bertz CT molecular complexity index is 359. The highest BCUT2D eigenvalue weighted by Gasteiger charge is 2.22. The average Bonchev–Trinajstić information content (AvgIpc) is 2.36. The fraction of sp³-hybridized carbons (Fsp3) is 0.571. The van der Waals surface area contributed by atoms with Gasteiger partial charge < -0.3 is 15.2 Å². The highest BCUT2D eigenvalue weighted by molar-refractivity contribution is 5.58. The van der Waals surface area contributed by atoms with Crippen LogP contribution in [0, 0.1) is 6.92 Å². The maximum absolute atomic E-state index is 10.2. The molecule has 1 aromatic carbocycles. The number of aliphatic hydroxyl groups is 1. The van der Waals surface area contributed by atoms with Gasteiger partial charge in [-0.1, -0.05) is 19.9 Å². The van der Waals surface area contributed by atoms with Gasteiger partial charge in [0.1, 0.15) is 5.75 Å². The standard InChI is InChI=1S/C14H23NO2/c1-5-14(16,6-2)10-15-12-9-11(3)7-8-13(12)17-4/h7-9,15-16H,5-6,10H2,1-4H3. The van der Waals surface area contributed by atoms with Crippen molar-refractivity contribution in [2.45, 2.75) is 39.2 Å². The summed E-state index contributed by atoms with van der Waals surface area (Å²) in [5.41, 5.74) is 1.46. The Labute approximate surface area is 104 Å². The predicted molar refractivity (Wildman–Crippen MR) is 71.8 cm³/mol. The third kappa shape index (κ3) is 3.63. The number of aryl methyl sites for hydroxylation is 1. The molecule has 0 radical (unpaired) electrons. The normalized spacial score (nSPS) is 11.4. The van der Waals surface area contributed by atoms with E-state index < -0.39 is 5.60 Å². The van der Waals surface area contributed by atoms with Gasteiger partial charge in [0.25, 0.3) is 0 Å². The van der Waals surface area contributed by atoms with Gasteiger partial charge in [-0.05, 0) is 37.5 Å². The van der Waals surface area contributed by atoms with E-state index in [1.807, 2.05) is 39.0 Å². The number of hydrogen-bond acceptors (Lipinski definition) is 3. The third-order valence-corrected chi connectivity index (χ3v) is 3.28. The smallest absolute Gasteiger partial charge is 0.141 e. The molecule has 0 aliphatic rings. The van der Waals surface area contributed by atoms with Crippen molar-refractivity contribution in [2.24, 2.45) is 0 Å². The second-order valence-corrected chi connectivity index (χ2v) is 4.49. The van der Waals surface area contributed by atoms with Gasteiger partial charge in [-0.3, -0.25) is 0 Å². The van der Waals surface area contributed by atoms with Gasteiger partial charge in [0.15, 0.2) is 0 Å². The van der Waals surface area contributed by atoms with Crippen LogP contribution in [0.1, 0.15) is 32.3 Å². The van der Waals surface area contributed by atoms with Crippen LogP contribution in [0.3, 0.4) is 0 Å². The van der Waals surface area contributed by atoms with Crippen molar-refractivity contribution < 1.29 is 9.84 Å². The zero-order chi connectivity index (χ0) is 12.9. The molecule has 0 saturated carbocycles. The minimum Gasteiger partial charge on any atom is -0.495 e. The van der Waals surface area contributed by atoms with E-state index in [2.05, 4.69) is 5.32 Å². The SMILES string of the molecule is CCC(O)(CC)CNc1cc(C)ccc1OC. The number of methoxy groups -OCH3 is 1. The van der Waals surface area contributed by atoms with Gasteiger partial charge in [-0.15, -0.1) is 0 Å². The van der Waals surface area contributed by atoms with Crippen LogP contribution in [0.25, 0.3) is 0 Å². The van der Waals surface area contributed by atoms with E-state index in [1.54, 1.807) is 7.11 Å². The minimum absolute atomic E-state index is 0.541. The molecule has 1 aromatic rings. The van der Waals surface area contributed by atoms with Crippen molar-refractivity contribution in [3.63, 3.8) is 0 Å². The lowest BCUT2D eigenvalue weighted by Crippen LogP contribution is -2.35. The molecule has 0 aliphatic heterocycles. The number of nitrogens with one attached hydrogen (secondary N) is 1. The molecule has 0 fully saturated rings. The highest BCUT2D eigenvalue weighted by atomic mass is 16.5. The van der Waals surface area contributed by atoms with Gasteiger partial charge in [0, 0.05) is 6.54 Å². The Kier molecular flexibility index (Phi) is 4.82. The third-order valence-electron chi connectivity index (χ3n) is 3.28. The van der Waals surface area contributed by atoms with Crippen molar-refractivity contribution >= 4 is 5.69 Å². The summed E-state index contributed by atoms with van der Waals surface area (Å²) in [5, 5.41) is 13.5. The molecule has 3 nitrogen and oxygen atoms in total. The molecule has 0 atom stereocenters. The van der Waals surface area contributed by atoms with Crippen LogP contribution in [0.2, 0.25) is 0 Å². The van der Waals surface area contributed by atoms with Gasteiger partial charge in [-0.25, -0.2) is 0 Å². The molecule has 0 spiro atoms. The molecule has 17 heavy (non-hydrogen) atoms. The number of anilines is 1. The number of hydrogen-bond donors (Lipinski definition) is 2. The fourth-order valence-electron chi connectivity index (χ4n) is 1.72. The van der Waals surface area contributed by atoms with Crippen LogP contribution in [-0.4, -0.2) is 24.4 Å². The number of rotatable bonds is 6. The Morgan fingerprint density at radius 1 is 1.29 bits per heavy atom. The molecule has 1 rings (SSSR count). The van der Waals surface area contributed by atoms with Gasteiger partial charge >= 0.3 is 0 Å². The first-order chi connectivity index (χ1) is 8.04. The molecular formula is C14H23NO2. The maximum atomic E-state index is 10.2. The van der Waals surface area contributed by atoms with Crippen molar-refractivity contribution in [3.8, 4) is 5.75 Å². The minimum atomic E-state index is -0.644. The van der Waals surface area contributed by atoms with E-state index in [1.165, 1.54) is 5.56 Å².